The van der Waals surface area contributed by atoms with Crippen LogP contribution in [-0.2, 0) is 0 Å². The number of hydrogen-bond acceptors (Lipinski definition) is 3. The van der Waals surface area contributed by atoms with Crippen molar-refractivity contribution in [2.45, 2.75) is 6.92 Å². The number of carbonyl (C=O) groups excluding carboxylic acids is 2. The van der Waals surface area contributed by atoms with Crippen LogP contribution in [0.15, 0.2) is 59.2 Å². The SMILES string of the molecule is Cc1c(C(=O)NNC(=O)c2ccc(Br)cc2)cnn1-c1ccc(Cl)cc1. The fraction of sp³-hybridized carbons (Fsp3) is 0.0556. The number of hydrazine groups is 1. The van der Waals surface area contributed by atoms with Gasteiger partial charge in [-0.3, -0.25) is 20.4 Å². The highest BCUT2D eigenvalue weighted by Gasteiger charge is 2.16. The Morgan fingerprint density at radius 2 is 1.62 bits per heavy atom. The Balaban J connectivity index is 1.69. The molecule has 0 bridgehead atoms. The zero-order valence-electron chi connectivity index (χ0n) is 13.7. The minimum atomic E-state index is -0.451. The first kappa shape index (κ1) is 18.2. The maximum atomic E-state index is 12.3. The maximum Gasteiger partial charge on any atom is 0.273 e. The third-order valence-electron chi connectivity index (χ3n) is 3.72. The van der Waals surface area contributed by atoms with Gasteiger partial charge in [-0.15, -0.1) is 0 Å². The first-order valence-electron chi connectivity index (χ1n) is 7.62. The van der Waals surface area contributed by atoms with Crippen LogP contribution in [0.4, 0.5) is 0 Å². The molecular formula is C18H14BrClN4O2. The molecule has 26 heavy (non-hydrogen) atoms. The summed E-state index contributed by atoms with van der Waals surface area (Å²) >= 11 is 9.19. The molecule has 1 aromatic heterocycles. The van der Waals surface area contributed by atoms with Gasteiger partial charge in [-0.1, -0.05) is 27.5 Å². The van der Waals surface area contributed by atoms with Crippen molar-refractivity contribution >= 4 is 39.3 Å². The normalized spacial score (nSPS) is 10.4. The molecule has 8 heteroatoms. The molecule has 2 aromatic carbocycles. The zero-order chi connectivity index (χ0) is 18.7. The van der Waals surface area contributed by atoms with Crippen molar-refractivity contribution in [3.05, 3.63) is 81.0 Å². The lowest BCUT2D eigenvalue weighted by molar-refractivity contribution is 0.0846. The van der Waals surface area contributed by atoms with Crippen molar-refractivity contribution in [1.82, 2.24) is 20.6 Å². The summed E-state index contributed by atoms with van der Waals surface area (Å²) in [5, 5.41) is 4.84. The molecule has 0 saturated heterocycles. The van der Waals surface area contributed by atoms with Crippen molar-refractivity contribution in [1.29, 1.82) is 0 Å². The van der Waals surface area contributed by atoms with Crippen LogP contribution in [-0.4, -0.2) is 21.6 Å². The minimum Gasteiger partial charge on any atom is -0.267 e. The summed E-state index contributed by atoms with van der Waals surface area (Å²) in [4.78, 5) is 24.4. The van der Waals surface area contributed by atoms with Gasteiger partial charge < -0.3 is 0 Å². The van der Waals surface area contributed by atoms with E-state index in [0.29, 0.717) is 21.8 Å². The highest BCUT2D eigenvalue weighted by molar-refractivity contribution is 9.10. The van der Waals surface area contributed by atoms with Crippen molar-refractivity contribution in [3.8, 4) is 5.69 Å². The number of halogens is 2. The van der Waals surface area contributed by atoms with Gasteiger partial charge in [-0.2, -0.15) is 5.10 Å². The van der Waals surface area contributed by atoms with Crippen LogP contribution >= 0.6 is 27.5 Å². The summed E-state index contributed by atoms with van der Waals surface area (Å²) in [6, 6.07) is 13.9. The third-order valence-corrected chi connectivity index (χ3v) is 4.50. The molecule has 0 unspecified atom stereocenters. The fourth-order valence-corrected chi connectivity index (χ4v) is 2.72. The first-order valence-corrected chi connectivity index (χ1v) is 8.79. The quantitative estimate of drug-likeness (QED) is 0.619. The molecule has 0 fully saturated rings. The van der Waals surface area contributed by atoms with Gasteiger partial charge in [0.2, 0.25) is 0 Å². The number of rotatable bonds is 3. The van der Waals surface area contributed by atoms with Gasteiger partial charge in [0.25, 0.3) is 11.8 Å². The number of nitrogens with one attached hydrogen (secondary N) is 2. The summed E-state index contributed by atoms with van der Waals surface area (Å²) in [6.07, 6.45) is 1.45. The Bertz CT molecular complexity index is 952. The van der Waals surface area contributed by atoms with E-state index in [-0.39, 0.29) is 0 Å². The van der Waals surface area contributed by atoms with E-state index in [1.54, 1.807) is 60.1 Å². The van der Waals surface area contributed by atoms with E-state index in [9.17, 15) is 9.59 Å². The van der Waals surface area contributed by atoms with Crippen LogP contribution in [0.5, 0.6) is 0 Å². The molecule has 6 nitrogen and oxygen atoms in total. The summed E-state index contributed by atoms with van der Waals surface area (Å²) in [5.41, 5.74) is 7.01. The highest BCUT2D eigenvalue weighted by Crippen LogP contribution is 2.17. The zero-order valence-corrected chi connectivity index (χ0v) is 16.0. The number of nitrogens with zero attached hydrogens (tertiary/aromatic N) is 2. The highest BCUT2D eigenvalue weighted by atomic mass is 79.9. The van der Waals surface area contributed by atoms with Gasteiger partial charge in [0.15, 0.2) is 0 Å². The molecule has 132 valence electrons. The molecule has 0 spiro atoms. The molecule has 3 rings (SSSR count). The van der Waals surface area contributed by atoms with E-state index in [4.69, 9.17) is 11.6 Å². The van der Waals surface area contributed by atoms with Crippen LogP contribution in [0.25, 0.3) is 5.69 Å². The van der Waals surface area contributed by atoms with Gasteiger partial charge in [0, 0.05) is 15.1 Å². The molecule has 1 heterocycles. The summed E-state index contributed by atoms with van der Waals surface area (Å²) in [7, 11) is 0. The molecule has 0 atom stereocenters. The first-order chi connectivity index (χ1) is 12.5. The fourth-order valence-electron chi connectivity index (χ4n) is 2.33. The van der Waals surface area contributed by atoms with Crippen LogP contribution < -0.4 is 10.9 Å². The van der Waals surface area contributed by atoms with Crippen molar-refractivity contribution in [2.24, 2.45) is 0 Å². The second kappa shape index (κ2) is 7.72. The molecule has 0 aliphatic heterocycles. The van der Waals surface area contributed by atoms with E-state index in [1.165, 1.54) is 6.20 Å². The number of hydrogen-bond donors (Lipinski definition) is 2. The lowest BCUT2D eigenvalue weighted by Gasteiger charge is -2.08. The van der Waals surface area contributed by atoms with Gasteiger partial charge >= 0.3 is 0 Å². The number of benzene rings is 2. The molecule has 0 aliphatic rings. The molecular weight excluding hydrogens is 420 g/mol. The van der Waals surface area contributed by atoms with E-state index in [1.807, 2.05) is 0 Å². The van der Waals surface area contributed by atoms with Gasteiger partial charge in [-0.05, 0) is 55.5 Å². The van der Waals surface area contributed by atoms with E-state index in [2.05, 4.69) is 31.9 Å². The number of carbonyl (C=O) groups is 2. The second-order valence-corrected chi connectivity index (χ2v) is 6.80. The predicted molar refractivity (Wildman–Crippen MR) is 102 cm³/mol. The standard InChI is InChI=1S/C18H14BrClN4O2/c1-11-16(10-21-24(11)15-8-6-14(20)7-9-15)18(26)23-22-17(25)12-2-4-13(19)5-3-12/h2-10H,1H3,(H,22,25)(H,23,26). The Morgan fingerprint density at radius 1 is 1.00 bits per heavy atom. The van der Waals surface area contributed by atoms with E-state index >= 15 is 0 Å². The molecule has 0 radical (unpaired) electrons. The molecule has 0 aliphatic carbocycles. The Labute approximate surface area is 163 Å². The summed E-state index contributed by atoms with van der Waals surface area (Å²) in [6.45, 7) is 1.77. The van der Waals surface area contributed by atoms with Crippen LogP contribution in [0.1, 0.15) is 26.4 Å². The van der Waals surface area contributed by atoms with Crippen molar-refractivity contribution < 1.29 is 9.59 Å². The smallest absolute Gasteiger partial charge is 0.267 e. The van der Waals surface area contributed by atoms with Gasteiger partial charge in [-0.25, -0.2) is 4.68 Å². The molecule has 2 N–H and O–H groups in total. The predicted octanol–water partition coefficient (Wildman–Crippen LogP) is 3.67. The third kappa shape index (κ3) is 3.95. The lowest BCUT2D eigenvalue weighted by Crippen LogP contribution is -2.41. The van der Waals surface area contributed by atoms with E-state index in [0.717, 1.165) is 10.2 Å². The summed E-state index contributed by atoms with van der Waals surface area (Å²) in [5.74, 6) is -0.859. The molecule has 2 amide bonds. The maximum absolute atomic E-state index is 12.3. The van der Waals surface area contributed by atoms with Crippen LogP contribution in [0.2, 0.25) is 5.02 Å². The lowest BCUT2D eigenvalue weighted by atomic mass is 10.2. The topological polar surface area (TPSA) is 76.0 Å². The number of amides is 2. The van der Waals surface area contributed by atoms with Gasteiger partial charge in [0.05, 0.1) is 23.1 Å². The molecule has 3 aromatic rings. The van der Waals surface area contributed by atoms with Crippen molar-refractivity contribution in [3.63, 3.8) is 0 Å². The Morgan fingerprint density at radius 3 is 2.27 bits per heavy atom. The van der Waals surface area contributed by atoms with E-state index < -0.39 is 11.8 Å². The van der Waals surface area contributed by atoms with Crippen LogP contribution in [0, 0.1) is 6.92 Å². The number of aromatic nitrogens is 2. The minimum absolute atomic E-state index is 0.357. The second-order valence-electron chi connectivity index (χ2n) is 5.45. The average molecular weight is 434 g/mol. The van der Waals surface area contributed by atoms with Crippen molar-refractivity contribution in [2.75, 3.05) is 0 Å². The molecule has 0 saturated carbocycles. The van der Waals surface area contributed by atoms with Gasteiger partial charge in [0.1, 0.15) is 0 Å². The summed E-state index contributed by atoms with van der Waals surface area (Å²) < 4.78 is 2.49. The Hall–Kier alpha value is -2.64. The monoisotopic (exact) mass is 432 g/mol. The average Bonchev–Trinajstić information content (AvgIpc) is 3.02. The van der Waals surface area contributed by atoms with Crippen LogP contribution in [0.3, 0.4) is 0 Å². The largest absolute Gasteiger partial charge is 0.273 e. The Kier molecular flexibility index (Phi) is 5.39.